The minimum atomic E-state index is -0.455. The van der Waals surface area contributed by atoms with Crippen LogP contribution in [0.25, 0.3) is 0 Å². The van der Waals surface area contributed by atoms with E-state index in [1.807, 2.05) is 25.1 Å². The van der Waals surface area contributed by atoms with Gasteiger partial charge in [0.15, 0.2) is 0 Å². The van der Waals surface area contributed by atoms with Crippen LogP contribution in [-0.2, 0) is 0 Å². The van der Waals surface area contributed by atoms with Gasteiger partial charge in [0.2, 0.25) is 0 Å². The molecule has 2 heteroatoms. The summed E-state index contributed by atoms with van der Waals surface area (Å²) in [7, 11) is 0. The van der Waals surface area contributed by atoms with E-state index in [9.17, 15) is 5.11 Å². The van der Waals surface area contributed by atoms with Crippen molar-refractivity contribution in [1.29, 1.82) is 0 Å². The molecule has 0 spiro atoms. The van der Waals surface area contributed by atoms with E-state index in [0.29, 0.717) is 6.10 Å². The average Bonchev–Trinajstić information content (AvgIpc) is 2.91. The van der Waals surface area contributed by atoms with Crippen molar-refractivity contribution in [3.05, 3.63) is 29.3 Å². The standard InChI is InChI=1S/C12H16O2/c1-8-3-6-12(14-10-4-5-10)11(7-8)9(2)13/h3,6-7,9-10,13H,4-5H2,1-2H3/t9-/m1/s1. The summed E-state index contributed by atoms with van der Waals surface area (Å²) in [6.45, 7) is 3.79. The summed E-state index contributed by atoms with van der Waals surface area (Å²) in [5.41, 5.74) is 2.06. The predicted molar refractivity (Wildman–Crippen MR) is 55.5 cm³/mol. The van der Waals surface area contributed by atoms with E-state index in [4.69, 9.17) is 4.74 Å². The Morgan fingerprint density at radius 2 is 2.14 bits per heavy atom. The van der Waals surface area contributed by atoms with Gasteiger partial charge in [0, 0.05) is 5.56 Å². The lowest BCUT2D eigenvalue weighted by Crippen LogP contribution is -2.02. The highest BCUT2D eigenvalue weighted by atomic mass is 16.5. The summed E-state index contributed by atoms with van der Waals surface area (Å²) in [6, 6.07) is 5.96. The van der Waals surface area contributed by atoms with Crippen molar-refractivity contribution < 1.29 is 9.84 Å². The van der Waals surface area contributed by atoms with Gasteiger partial charge in [0.05, 0.1) is 12.2 Å². The number of aliphatic hydroxyl groups excluding tert-OH is 1. The lowest BCUT2D eigenvalue weighted by Gasteiger charge is -2.13. The van der Waals surface area contributed by atoms with Gasteiger partial charge in [-0.25, -0.2) is 0 Å². The van der Waals surface area contributed by atoms with Crippen molar-refractivity contribution >= 4 is 0 Å². The van der Waals surface area contributed by atoms with Crippen LogP contribution < -0.4 is 4.74 Å². The van der Waals surface area contributed by atoms with Gasteiger partial charge in [-0.15, -0.1) is 0 Å². The highest BCUT2D eigenvalue weighted by Gasteiger charge is 2.25. The summed E-state index contributed by atoms with van der Waals surface area (Å²) < 4.78 is 5.71. The second-order valence-electron chi connectivity index (χ2n) is 4.03. The average molecular weight is 192 g/mol. The van der Waals surface area contributed by atoms with E-state index in [-0.39, 0.29) is 0 Å². The second-order valence-corrected chi connectivity index (χ2v) is 4.03. The Morgan fingerprint density at radius 1 is 1.43 bits per heavy atom. The fraction of sp³-hybridized carbons (Fsp3) is 0.500. The van der Waals surface area contributed by atoms with Crippen LogP contribution in [0.15, 0.2) is 18.2 Å². The predicted octanol–water partition coefficient (Wildman–Crippen LogP) is 2.59. The van der Waals surface area contributed by atoms with Crippen molar-refractivity contribution in [2.75, 3.05) is 0 Å². The van der Waals surface area contributed by atoms with Gasteiger partial charge in [0.1, 0.15) is 5.75 Å². The van der Waals surface area contributed by atoms with Crippen LogP contribution in [0.3, 0.4) is 0 Å². The first-order valence-electron chi connectivity index (χ1n) is 5.12. The summed E-state index contributed by atoms with van der Waals surface area (Å²) >= 11 is 0. The molecule has 0 aliphatic heterocycles. The number of ether oxygens (including phenoxy) is 1. The van der Waals surface area contributed by atoms with Gasteiger partial charge in [0.25, 0.3) is 0 Å². The molecule has 2 nitrogen and oxygen atoms in total. The molecule has 76 valence electrons. The number of hydrogen-bond donors (Lipinski definition) is 1. The minimum Gasteiger partial charge on any atom is -0.490 e. The smallest absolute Gasteiger partial charge is 0.125 e. The molecule has 1 aromatic rings. The van der Waals surface area contributed by atoms with E-state index in [1.165, 1.54) is 0 Å². The van der Waals surface area contributed by atoms with Crippen molar-refractivity contribution in [3.63, 3.8) is 0 Å². The first kappa shape index (κ1) is 9.53. The van der Waals surface area contributed by atoms with Crippen LogP contribution >= 0.6 is 0 Å². The SMILES string of the molecule is Cc1ccc(OC2CC2)c([C@@H](C)O)c1. The maximum atomic E-state index is 9.58. The molecule has 1 aromatic carbocycles. The molecular formula is C12H16O2. The van der Waals surface area contributed by atoms with Gasteiger partial charge in [-0.05, 0) is 38.8 Å². The van der Waals surface area contributed by atoms with Crippen molar-refractivity contribution in [1.82, 2.24) is 0 Å². The largest absolute Gasteiger partial charge is 0.490 e. The van der Waals surface area contributed by atoms with Crippen LogP contribution in [0.2, 0.25) is 0 Å². The van der Waals surface area contributed by atoms with E-state index >= 15 is 0 Å². The molecule has 1 aliphatic carbocycles. The Hall–Kier alpha value is -1.02. The highest BCUT2D eigenvalue weighted by molar-refractivity contribution is 5.38. The quantitative estimate of drug-likeness (QED) is 0.797. The Labute approximate surface area is 84.5 Å². The third-order valence-electron chi connectivity index (χ3n) is 2.43. The number of aryl methyl sites for hydroxylation is 1. The molecule has 0 amide bonds. The van der Waals surface area contributed by atoms with Gasteiger partial charge in [-0.3, -0.25) is 0 Å². The first-order valence-corrected chi connectivity index (χ1v) is 5.12. The molecule has 0 unspecified atom stereocenters. The monoisotopic (exact) mass is 192 g/mol. The Kier molecular flexibility index (Phi) is 2.46. The Bertz CT molecular complexity index is 327. The topological polar surface area (TPSA) is 29.5 Å². The van der Waals surface area contributed by atoms with E-state index in [2.05, 4.69) is 0 Å². The Morgan fingerprint density at radius 3 is 2.71 bits per heavy atom. The molecule has 1 aliphatic rings. The summed E-state index contributed by atoms with van der Waals surface area (Å²) in [5.74, 6) is 0.841. The zero-order chi connectivity index (χ0) is 10.1. The van der Waals surface area contributed by atoms with Gasteiger partial charge < -0.3 is 9.84 Å². The maximum Gasteiger partial charge on any atom is 0.125 e. The van der Waals surface area contributed by atoms with Crippen LogP contribution in [0, 0.1) is 6.92 Å². The number of hydrogen-bond acceptors (Lipinski definition) is 2. The van der Waals surface area contributed by atoms with E-state index in [1.54, 1.807) is 6.92 Å². The third-order valence-corrected chi connectivity index (χ3v) is 2.43. The zero-order valence-corrected chi connectivity index (χ0v) is 8.66. The molecule has 14 heavy (non-hydrogen) atoms. The van der Waals surface area contributed by atoms with Crippen LogP contribution in [0.1, 0.15) is 37.0 Å². The van der Waals surface area contributed by atoms with Gasteiger partial charge >= 0.3 is 0 Å². The molecule has 0 heterocycles. The fourth-order valence-corrected chi connectivity index (χ4v) is 1.47. The number of rotatable bonds is 3. The number of benzene rings is 1. The molecule has 1 N–H and O–H groups in total. The summed E-state index contributed by atoms with van der Waals surface area (Å²) in [6.07, 6.45) is 2.22. The molecule has 0 saturated heterocycles. The summed E-state index contributed by atoms with van der Waals surface area (Å²) in [4.78, 5) is 0. The molecular weight excluding hydrogens is 176 g/mol. The zero-order valence-electron chi connectivity index (χ0n) is 8.66. The van der Waals surface area contributed by atoms with Crippen LogP contribution in [0.5, 0.6) is 5.75 Å². The lowest BCUT2D eigenvalue weighted by molar-refractivity contribution is 0.190. The maximum absolute atomic E-state index is 9.58. The van der Waals surface area contributed by atoms with Gasteiger partial charge in [-0.1, -0.05) is 11.6 Å². The van der Waals surface area contributed by atoms with Crippen LogP contribution in [-0.4, -0.2) is 11.2 Å². The second kappa shape index (κ2) is 3.62. The molecule has 1 atom stereocenters. The van der Waals surface area contributed by atoms with Crippen molar-refractivity contribution in [3.8, 4) is 5.75 Å². The highest BCUT2D eigenvalue weighted by Crippen LogP contribution is 2.32. The van der Waals surface area contributed by atoms with Gasteiger partial charge in [-0.2, -0.15) is 0 Å². The molecule has 1 fully saturated rings. The van der Waals surface area contributed by atoms with E-state index < -0.39 is 6.10 Å². The molecule has 0 radical (unpaired) electrons. The molecule has 2 rings (SSSR count). The van der Waals surface area contributed by atoms with Crippen molar-refractivity contribution in [2.24, 2.45) is 0 Å². The summed E-state index contributed by atoms with van der Waals surface area (Å²) in [5, 5.41) is 9.58. The van der Waals surface area contributed by atoms with E-state index in [0.717, 1.165) is 29.7 Å². The third kappa shape index (κ3) is 2.07. The molecule has 0 aromatic heterocycles. The Balaban J connectivity index is 2.26. The normalized spacial score (nSPS) is 17.9. The first-order chi connectivity index (χ1) is 6.66. The molecule has 1 saturated carbocycles. The lowest BCUT2D eigenvalue weighted by atomic mass is 10.1. The van der Waals surface area contributed by atoms with Crippen LogP contribution in [0.4, 0.5) is 0 Å². The number of aliphatic hydroxyl groups is 1. The minimum absolute atomic E-state index is 0.384. The van der Waals surface area contributed by atoms with Crippen molar-refractivity contribution in [2.45, 2.75) is 38.9 Å². The fourth-order valence-electron chi connectivity index (χ4n) is 1.47. The molecule has 0 bridgehead atoms.